The van der Waals surface area contributed by atoms with Crippen LogP contribution in [0, 0.1) is 0 Å². The second kappa shape index (κ2) is 8.03. The molecule has 0 aliphatic rings. The third-order valence-electron chi connectivity index (χ3n) is 3.32. The number of hydrogen-bond donors (Lipinski definition) is 3. The predicted octanol–water partition coefficient (Wildman–Crippen LogP) is 5.23. The number of benzene rings is 2. The highest BCUT2D eigenvalue weighted by atomic mass is 35.5. The molecule has 0 radical (unpaired) electrons. The summed E-state index contributed by atoms with van der Waals surface area (Å²) in [5.41, 5.74) is 2.17. The van der Waals surface area contributed by atoms with Crippen LogP contribution in [0.1, 0.15) is 6.92 Å². The summed E-state index contributed by atoms with van der Waals surface area (Å²) in [6.07, 6.45) is 1.44. The first-order chi connectivity index (χ1) is 12.5. The van der Waals surface area contributed by atoms with Gasteiger partial charge < -0.3 is 16.0 Å². The van der Waals surface area contributed by atoms with Crippen LogP contribution in [0.2, 0.25) is 10.0 Å². The van der Waals surface area contributed by atoms with Crippen molar-refractivity contribution in [1.82, 2.24) is 9.97 Å². The van der Waals surface area contributed by atoms with Gasteiger partial charge in [-0.2, -0.15) is 0 Å². The van der Waals surface area contributed by atoms with Gasteiger partial charge >= 0.3 is 0 Å². The lowest BCUT2D eigenvalue weighted by molar-refractivity contribution is -0.114. The maximum atomic E-state index is 11.2. The molecule has 0 fully saturated rings. The van der Waals surface area contributed by atoms with Gasteiger partial charge in [-0.25, -0.2) is 9.97 Å². The van der Waals surface area contributed by atoms with Crippen molar-refractivity contribution in [3.8, 4) is 0 Å². The zero-order valence-electron chi connectivity index (χ0n) is 13.8. The molecule has 0 unspecified atom stereocenters. The SMILES string of the molecule is CC(=O)Nc1cccc(Nc2cc(Nc3ccc(Cl)cc3Cl)ncn2)c1. The summed E-state index contributed by atoms with van der Waals surface area (Å²) in [6.45, 7) is 1.46. The number of halogens is 2. The lowest BCUT2D eigenvalue weighted by Gasteiger charge is -2.11. The van der Waals surface area contributed by atoms with E-state index in [1.165, 1.54) is 13.3 Å². The van der Waals surface area contributed by atoms with Crippen LogP contribution in [0.25, 0.3) is 0 Å². The number of nitrogens with zero attached hydrogens (tertiary/aromatic N) is 2. The van der Waals surface area contributed by atoms with Crippen molar-refractivity contribution in [2.24, 2.45) is 0 Å². The molecule has 1 amide bonds. The second-order valence-corrected chi connectivity index (χ2v) is 6.27. The molecule has 0 aliphatic carbocycles. The fourth-order valence-electron chi connectivity index (χ4n) is 2.25. The number of anilines is 5. The minimum absolute atomic E-state index is 0.129. The summed E-state index contributed by atoms with van der Waals surface area (Å²) < 4.78 is 0. The zero-order chi connectivity index (χ0) is 18.5. The average molecular weight is 388 g/mol. The van der Waals surface area contributed by atoms with Gasteiger partial charge in [-0.15, -0.1) is 0 Å². The summed E-state index contributed by atoms with van der Waals surface area (Å²) in [5, 5.41) is 10.1. The molecule has 0 atom stereocenters. The molecule has 0 bridgehead atoms. The Morgan fingerprint density at radius 2 is 1.65 bits per heavy atom. The first-order valence-corrected chi connectivity index (χ1v) is 8.44. The maximum absolute atomic E-state index is 11.2. The smallest absolute Gasteiger partial charge is 0.221 e. The van der Waals surface area contributed by atoms with Gasteiger partial charge in [0, 0.05) is 29.4 Å². The third kappa shape index (κ3) is 4.84. The van der Waals surface area contributed by atoms with E-state index in [0.717, 1.165) is 5.69 Å². The molecule has 3 N–H and O–H groups in total. The third-order valence-corrected chi connectivity index (χ3v) is 3.86. The van der Waals surface area contributed by atoms with Gasteiger partial charge in [0.05, 0.1) is 10.7 Å². The van der Waals surface area contributed by atoms with Crippen LogP contribution < -0.4 is 16.0 Å². The highest BCUT2D eigenvalue weighted by Crippen LogP contribution is 2.28. The van der Waals surface area contributed by atoms with Crippen molar-refractivity contribution in [2.45, 2.75) is 6.92 Å². The summed E-state index contributed by atoms with van der Waals surface area (Å²) in [6, 6.07) is 14.2. The number of aromatic nitrogens is 2. The topological polar surface area (TPSA) is 78.9 Å². The quantitative estimate of drug-likeness (QED) is 0.558. The molecule has 0 aliphatic heterocycles. The minimum atomic E-state index is -0.129. The van der Waals surface area contributed by atoms with E-state index in [9.17, 15) is 4.79 Å². The van der Waals surface area contributed by atoms with Gasteiger partial charge in [0.1, 0.15) is 18.0 Å². The Morgan fingerprint density at radius 3 is 2.38 bits per heavy atom. The normalized spacial score (nSPS) is 10.3. The molecule has 0 saturated heterocycles. The molecular formula is C18H15Cl2N5O. The zero-order valence-corrected chi connectivity index (χ0v) is 15.3. The van der Waals surface area contributed by atoms with Crippen LogP contribution in [-0.4, -0.2) is 15.9 Å². The molecule has 2 aromatic carbocycles. The fraction of sp³-hybridized carbons (Fsp3) is 0.0556. The first kappa shape index (κ1) is 18.0. The highest BCUT2D eigenvalue weighted by Gasteiger charge is 2.05. The molecule has 0 spiro atoms. The van der Waals surface area contributed by atoms with Gasteiger partial charge in [0.25, 0.3) is 0 Å². The second-order valence-electron chi connectivity index (χ2n) is 5.42. The van der Waals surface area contributed by atoms with E-state index >= 15 is 0 Å². The molecule has 3 rings (SSSR count). The van der Waals surface area contributed by atoms with E-state index in [1.54, 1.807) is 24.3 Å². The molecule has 1 aromatic heterocycles. The maximum Gasteiger partial charge on any atom is 0.221 e. The molecule has 1 heterocycles. The van der Waals surface area contributed by atoms with Crippen molar-refractivity contribution in [1.29, 1.82) is 0 Å². The number of amides is 1. The lowest BCUT2D eigenvalue weighted by Crippen LogP contribution is -2.06. The average Bonchev–Trinajstić information content (AvgIpc) is 2.57. The Bertz CT molecular complexity index is 948. The summed E-state index contributed by atoms with van der Waals surface area (Å²) in [5.74, 6) is 1.04. The van der Waals surface area contributed by atoms with Gasteiger partial charge in [-0.05, 0) is 36.4 Å². The Hall–Kier alpha value is -2.83. The van der Waals surface area contributed by atoms with E-state index in [-0.39, 0.29) is 5.91 Å². The van der Waals surface area contributed by atoms with Crippen molar-refractivity contribution < 1.29 is 4.79 Å². The summed E-state index contributed by atoms with van der Waals surface area (Å²) in [4.78, 5) is 19.6. The molecular weight excluding hydrogens is 373 g/mol. The monoisotopic (exact) mass is 387 g/mol. The van der Waals surface area contributed by atoms with Crippen molar-refractivity contribution in [3.63, 3.8) is 0 Å². The molecule has 8 heteroatoms. The lowest BCUT2D eigenvalue weighted by atomic mass is 10.2. The fourth-order valence-corrected chi connectivity index (χ4v) is 2.70. The number of nitrogens with one attached hydrogen (secondary N) is 3. The Kier molecular flexibility index (Phi) is 5.55. The van der Waals surface area contributed by atoms with Crippen molar-refractivity contribution in [2.75, 3.05) is 16.0 Å². The Balaban J connectivity index is 1.76. The van der Waals surface area contributed by atoms with Crippen LogP contribution in [0.4, 0.5) is 28.7 Å². The minimum Gasteiger partial charge on any atom is -0.340 e. The predicted molar refractivity (Wildman–Crippen MR) is 106 cm³/mol. The van der Waals surface area contributed by atoms with E-state index in [2.05, 4.69) is 25.9 Å². The Labute approximate surface area is 160 Å². The largest absolute Gasteiger partial charge is 0.340 e. The van der Waals surface area contributed by atoms with Crippen LogP contribution in [-0.2, 0) is 4.79 Å². The van der Waals surface area contributed by atoms with Crippen LogP contribution in [0.15, 0.2) is 54.9 Å². The molecule has 132 valence electrons. The van der Waals surface area contributed by atoms with E-state index < -0.39 is 0 Å². The van der Waals surface area contributed by atoms with Crippen LogP contribution in [0.5, 0.6) is 0 Å². The summed E-state index contributed by atoms with van der Waals surface area (Å²) in [7, 11) is 0. The van der Waals surface area contributed by atoms with Gasteiger partial charge in [0.15, 0.2) is 0 Å². The standard InChI is InChI=1S/C18H15Cl2N5O/c1-11(26)23-13-3-2-4-14(8-13)24-17-9-18(22-10-21-17)25-16-6-5-12(19)7-15(16)20/h2-10H,1H3,(H,23,26)(H2,21,22,24,25). The number of carbonyl (C=O) groups excluding carboxylic acids is 1. The summed E-state index contributed by atoms with van der Waals surface area (Å²) >= 11 is 12.1. The Morgan fingerprint density at radius 1 is 0.923 bits per heavy atom. The van der Waals surface area contributed by atoms with Gasteiger partial charge in [-0.1, -0.05) is 29.3 Å². The van der Waals surface area contributed by atoms with Crippen molar-refractivity contribution >= 4 is 57.8 Å². The van der Waals surface area contributed by atoms with E-state index in [4.69, 9.17) is 23.2 Å². The van der Waals surface area contributed by atoms with Crippen LogP contribution >= 0.6 is 23.2 Å². The highest BCUT2D eigenvalue weighted by molar-refractivity contribution is 6.36. The van der Waals surface area contributed by atoms with Crippen LogP contribution in [0.3, 0.4) is 0 Å². The molecule has 6 nitrogen and oxygen atoms in total. The molecule has 3 aromatic rings. The van der Waals surface area contributed by atoms with Gasteiger partial charge in [-0.3, -0.25) is 4.79 Å². The number of rotatable bonds is 5. The molecule has 0 saturated carbocycles. The first-order valence-electron chi connectivity index (χ1n) is 7.68. The number of hydrogen-bond acceptors (Lipinski definition) is 5. The van der Waals surface area contributed by atoms with Crippen molar-refractivity contribution in [3.05, 3.63) is 64.9 Å². The van der Waals surface area contributed by atoms with E-state index in [1.807, 2.05) is 24.3 Å². The van der Waals surface area contributed by atoms with Gasteiger partial charge in [0.2, 0.25) is 5.91 Å². The molecule has 26 heavy (non-hydrogen) atoms. The van der Waals surface area contributed by atoms with E-state index in [0.29, 0.717) is 33.1 Å². The number of carbonyl (C=O) groups is 1.